The summed E-state index contributed by atoms with van der Waals surface area (Å²) in [5.74, 6) is 0.0786. The van der Waals surface area contributed by atoms with Gasteiger partial charge in [-0.05, 0) is 32.0 Å². The van der Waals surface area contributed by atoms with Crippen LogP contribution in [0.1, 0.15) is 11.3 Å². The highest BCUT2D eigenvalue weighted by molar-refractivity contribution is 7.92. The highest BCUT2D eigenvalue weighted by atomic mass is 32.2. The third-order valence-electron chi connectivity index (χ3n) is 2.79. The lowest BCUT2D eigenvalue weighted by Gasteiger charge is -2.07. The number of phenolic OH excluding ortho intramolecular Hbond substituents is 1. The van der Waals surface area contributed by atoms with Crippen molar-refractivity contribution in [3.05, 3.63) is 29.5 Å². The summed E-state index contributed by atoms with van der Waals surface area (Å²) in [5.41, 5.74) is 6.98. The molecule has 0 fully saturated rings. The Morgan fingerprint density at radius 1 is 1.37 bits per heavy atom. The number of benzene rings is 1. The molecule has 8 heteroatoms. The first-order valence-corrected chi connectivity index (χ1v) is 6.92. The summed E-state index contributed by atoms with van der Waals surface area (Å²) in [6, 6.07) is 3.68. The predicted molar refractivity (Wildman–Crippen MR) is 71.4 cm³/mol. The maximum absolute atomic E-state index is 12.1. The van der Waals surface area contributed by atoms with Gasteiger partial charge in [0.25, 0.3) is 10.0 Å². The quantitative estimate of drug-likeness (QED) is 0.496. The van der Waals surface area contributed by atoms with Crippen LogP contribution in [0.3, 0.4) is 0 Å². The van der Waals surface area contributed by atoms with E-state index in [0.29, 0.717) is 0 Å². The van der Waals surface area contributed by atoms with Gasteiger partial charge in [0.2, 0.25) is 0 Å². The van der Waals surface area contributed by atoms with Crippen LogP contribution in [-0.2, 0) is 10.0 Å². The largest absolute Gasteiger partial charge is 0.506 e. The number of rotatable bonds is 3. The number of H-pyrrole nitrogens is 1. The first-order valence-electron chi connectivity index (χ1n) is 5.44. The van der Waals surface area contributed by atoms with E-state index in [1.807, 2.05) is 0 Å². The predicted octanol–water partition coefficient (Wildman–Crippen LogP) is 1.12. The number of nitrogens with zero attached hydrogens (tertiary/aromatic N) is 1. The molecular weight excluding hydrogens is 268 g/mol. The zero-order valence-corrected chi connectivity index (χ0v) is 11.2. The van der Waals surface area contributed by atoms with Gasteiger partial charge < -0.3 is 10.8 Å². The summed E-state index contributed by atoms with van der Waals surface area (Å²) >= 11 is 0. The summed E-state index contributed by atoms with van der Waals surface area (Å²) in [6.45, 7) is 3.54. The Morgan fingerprint density at radius 2 is 2.05 bits per heavy atom. The Morgan fingerprint density at radius 3 is 2.58 bits per heavy atom. The first kappa shape index (κ1) is 13.2. The Bertz CT molecular complexity index is 722. The van der Waals surface area contributed by atoms with Gasteiger partial charge in [0.15, 0.2) is 5.82 Å². The van der Waals surface area contributed by atoms with Crippen LogP contribution in [0, 0.1) is 13.8 Å². The van der Waals surface area contributed by atoms with Crippen LogP contribution in [-0.4, -0.2) is 23.7 Å². The minimum Gasteiger partial charge on any atom is -0.506 e. The SMILES string of the molecule is Cc1[nH]nc(NS(=O)(=O)c2ccc(O)c(N)c2)c1C. The van der Waals surface area contributed by atoms with E-state index in [1.165, 1.54) is 18.2 Å². The number of aromatic nitrogens is 2. The van der Waals surface area contributed by atoms with E-state index < -0.39 is 10.0 Å². The molecular formula is C11H14N4O3S. The molecule has 0 unspecified atom stereocenters. The van der Waals surface area contributed by atoms with Crippen molar-refractivity contribution < 1.29 is 13.5 Å². The number of aromatic hydroxyl groups is 1. The molecule has 102 valence electrons. The molecule has 1 aromatic carbocycles. The second-order valence-corrected chi connectivity index (χ2v) is 5.83. The van der Waals surface area contributed by atoms with E-state index in [2.05, 4.69) is 14.9 Å². The van der Waals surface area contributed by atoms with Crippen LogP contribution >= 0.6 is 0 Å². The van der Waals surface area contributed by atoms with Crippen molar-refractivity contribution in [3.63, 3.8) is 0 Å². The van der Waals surface area contributed by atoms with Gasteiger partial charge in [0, 0.05) is 11.3 Å². The van der Waals surface area contributed by atoms with Crippen LogP contribution in [0.4, 0.5) is 11.5 Å². The van der Waals surface area contributed by atoms with Gasteiger partial charge in [0.05, 0.1) is 10.6 Å². The van der Waals surface area contributed by atoms with Crippen molar-refractivity contribution in [2.24, 2.45) is 0 Å². The van der Waals surface area contributed by atoms with Crippen LogP contribution in [0.25, 0.3) is 0 Å². The molecule has 5 N–H and O–H groups in total. The molecule has 2 aromatic rings. The average molecular weight is 282 g/mol. The monoisotopic (exact) mass is 282 g/mol. The molecule has 0 amide bonds. The molecule has 2 rings (SSSR count). The summed E-state index contributed by atoms with van der Waals surface area (Å²) in [4.78, 5) is -0.0390. The van der Waals surface area contributed by atoms with Crippen molar-refractivity contribution in [2.45, 2.75) is 18.7 Å². The van der Waals surface area contributed by atoms with Gasteiger partial charge in [-0.15, -0.1) is 0 Å². The highest BCUT2D eigenvalue weighted by Crippen LogP contribution is 2.25. The fourth-order valence-corrected chi connectivity index (χ4v) is 2.57. The van der Waals surface area contributed by atoms with Gasteiger partial charge in [0.1, 0.15) is 5.75 Å². The smallest absolute Gasteiger partial charge is 0.263 e. The van der Waals surface area contributed by atoms with Gasteiger partial charge >= 0.3 is 0 Å². The zero-order chi connectivity index (χ0) is 14.2. The van der Waals surface area contributed by atoms with Crippen LogP contribution in [0.5, 0.6) is 5.75 Å². The van der Waals surface area contributed by atoms with Gasteiger partial charge in [-0.3, -0.25) is 9.82 Å². The van der Waals surface area contributed by atoms with Gasteiger partial charge in [-0.2, -0.15) is 5.10 Å². The third kappa shape index (κ3) is 2.48. The van der Waals surface area contributed by atoms with Crippen molar-refractivity contribution in [3.8, 4) is 5.75 Å². The van der Waals surface area contributed by atoms with Crippen molar-refractivity contribution in [1.29, 1.82) is 0 Å². The minimum atomic E-state index is -3.79. The maximum Gasteiger partial charge on any atom is 0.263 e. The van der Waals surface area contributed by atoms with Crippen LogP contribution in [0.2, 0.25) is 0 Å². The average Bonchev–Trinajstić information content (AvgIpc) is 2.64. The number of phenols is 1. The molecule has 0 saturated carbocycles. The number of nitrogens with one attached hydrogen (secondary N) is 2. The Hall–Kier alpha value is -2.22. The first-order chi connectivity index (χ1) is 8.81. The van der Waals surface area contributed by atoms with Gasteiger partial charge in [-0.25, -0.2) is 8.42 Å². The van der Waals surface area contributed by atoms with Crippen molar-refractivity contribution in [2.75, 3.05) is 10.5 Å². The molecule has 19 heavy (non-hydrogen) atoms. The number of nitrogen functional groups attached to an aromatic ring is 1. The summed E-state index contributed by atoms with van der Waals surface area (Å²) in [6.07, 6.45) is 0. The van der Waals surface area contributed by atoms with Crippen molar-refractivity contribution in [1.82, 2.24) is 10.2 Å². The summed E-state index contributed by atoms with van der Waals surface area (Å²) < 4.78 is 26.6. The van der Waals surface area contributed by atoms with E-state index in [4.69, 9.17) is 5.73 Å². The number of hydrogen-bond acceptors (Lipinski definition) is 5. The number of aryl methyl sites for hydroxylation is 1. The fourth-order valence-electron chi connectivity index (χ4n) is 1.47. The Balaban J connectivity index is 2.37. The molecule has 0 spiro atoms. The molecule has 0 aliphatic heterocycles. The molecule has 1 heterocycles. The summed E-state index contributed by atoms with van der Waals surface area (Å²) in [7, 11) is -3.79. The topological polar surface area (TPSA) is 121 Å². The third-order valence-corrected chi connectivity index (χ3v) is 4.13. The zero-order valence-electron chi connectivity index (χ0n) is 10.4. The molecule has 0 saturated heterocycles. The van der Waals surface area contributed by atoms with Crippen molar-refractivity contribution >= 4 is 21.5 Å². The molecule has 0 radical (unpaired) electrons. The lowest BCUT2D eigenvalue weighted by Crippen LogP contribution is -2.14. The molecule has 0 atom stereocenters. The van der Waals surface area contributed by atoms with E-state index in [1.54, 1.807) is 13.8 Å². The Labute approximate surface area is 110 Å². The molecule has 1 aromatic heterocycles. The molecule has 0 aliphatic carbocycles. The summed E-state index contributed by atoms with van der Waals surface area (Å²) in [5, 5.41) is 15.8. The second-order valence-electron chi connectivity index (χ2n) is 4.15. The normalized spacial score (nSPS) is 11.5. The van der Waals surface area contributed by atoms with Gasteiger partial charge in [-0.1, -0.05) is 0 Å². The number of aromatic amines is 1. The van der Waals surface area contributed by atoms with Crippen LogP contribution < -0.4 is 10.5 Å². The van der Waals surface area contributed by atoms with Crippen LogP contribution in [0.15, 0.2) is 23.1 Å². The second kappa shape index (κ2) is 4.47. The van der Waals surface area contributed by atoms with E-state index >= 15 is 0 Å². The Kier molecular flexibility index (Phi) is 3.11. The lowest BCUT2D eigenvalue weighted by atomic mass is 10.3. The number of anilines is 2. The maximum atomic E-state index is 12.1. The number of hydrogen-bond donors (Lipinski definition) is 4. The lowest BCUT2D eigenvalue weighted by molar-refractivity contribution is 0.477. The van der Waals surface area contributed by atoms with E-state index in [9.17, 15) is 13.5 Å². The number of sulfonamides is 1. The fraction of sp³-hybridized carbons (Fsp3) is 0.182. The standard InChI is InChI=1S/C11H14N4O3S/c1-6-7(2)13-14-11(6)15-19(17,18)8-3-4-10(16)9(12)5-8/h3-5,16H,12H2,1-2H3,(H2,13,14,15). The molecule has 0 aliphatic rings. The number of nitrogens with two attached hydrogens (primary N) is 1. The minimum absolute atomic E-state index is 0.00203. The van der Waals surface area contributed by atoms with E-state index in [0.717, 1.165) is 11.3 Å². The molecule has 7 nitrogen and oxygen atoms in total. The van der Waals surface area contributed by atoms with E-state index in [-0.39, 0.29) is 22.2 Å². The highest BCUT2D eigenvalue weighted by Gasteiger charge is 2.18. The molecule has 0 bridgehead atoms.